The zero-order valence-electron chi connectivity index (χ0n) is 8.29. The standard InChI is InChI=1S/C11H8N4O/c16-11-14-8-3-1-2-4-9(8)15(11)10-5-6-12-7-13-10/h1-7H,(H,14,16). The molecule has 0 aliphatic rings. The fraction of sp³-hybridized carbons (Fsp3) is 0. The molecule has 0 aliphatic carbocycles. The number of imidazole rings is 1. The first-order valence-corrected chi connectivity index (χ1v) is 4.82. The molecule has 0 saturated heterocycles. The average Bonchev–Trinajstić information content (AvgIpc) is 2.66. The first kappa shape index (κ1) is 8.84. The number of aromatic amines is 1. The van der Waals surface area contributed by atoms with Crippen LogP contribution < -0.4 is 5.69 Å². The van der Waals surface area contributed by atoms with Gasteiger partial charge < -0.3 is 4.98 Å². The molecule has 0 spiro atoms. The number of nitrogens with one attached hydrogen (secondary N) is 1. The number of H-pyrrole nitrogens is 1. The lowest BCUT2D eigenvalue weighted by Crippen LogP contribution is -2.15. The molecule has 3 rings (SSSR count). The highest BCUT2D eigenvalue weighted by molar-refractivity contribution is 5.76. The van der Waals surface area contributed by atoms with Crippen molar-refractivity contribution >= 4 is 11.0 Å². The predicted molar refractivity (Wildman–Crippen MR) is 59.5 cm³/mol. The molecule has 1 aromatic carbocycles. The summed E-state index contributed by atoms with van der Waals surface area (Å²) in [5, 5.41) is 0. The largest absolute Gasteiger partial charge is 0.332 e. The number of hydrogen-bond donors (Lipinski definition) is 1. The van der Waals surface area contributed by atoms with E-state index in [-0.39, 0.29) is 5.69 Å². The first-order valence-electron chi connectivity index (χ1n) is 4.82. The fourth-order valence-electron chi connectivity index (χ4n) is 1.70. The summed E-state index contributed by atoms with van der Waals surface area (Å²) in [4.78, 5) is 22.5. The molecule has 0 atom stereocenters. The Morgan fingerprint density at radius 1 is 1.19 bits per heavy atom. The number of para-hydroxylation sites is 2. The molecule has 0 fully saturated rings. The van der Waals surface area contributed by atoms with Gasteiger partial charge in [0.2, 0.25) is 0 Å². The highest BCUT2D eigenvalue weighted by atomic mass is 16.1. The average molecular weight is 212 g/mol. The van der Waals surface area contributed by atoms with Gasteiger partial charge in [-0.15, -0.1) is 0 Å². The van der Waals surface area contributed by atoms with E-state index in [0.717, 1.165) is 11.0 Å². The van der Waals surface area contributed by atoms with Crippen molar-refractivity contribution in [2.45, 2.75) is 0 Å². The Morgan fingerprint density at radius 3 is 2.88 bits per heavy atom. The van der Waals surface area contributed by atoms with Crippen molar-refractivity contribution < 1.29 is 0 Å². The summed E-state index contributed by atoms with van der Waals surface area (Å²) in [5.74, 6) is 0.567. The topological polar surface area (TPSA) is 63.6 Å². The highest BCUT2D eigenvalue weighted by Gasteiger charge is 2.07. The van der Waals surface area contributed by atoms with E-state index < -0.39 is 0 Å². The molecular formula is C11H8N4O. The molecule has 78 valence electrons. The third-order valence-corrected chi connectivity index (χ3v) is 2.39. The van der Waals surface area contributed by atoms with E-state index in [4.69, 9.17) is 0 Å². The van der Waals surface area contributed by atoms with Crippen LogP contribution >= 0.6 is 0 Å². The third kappa shape index (κ3) is 1.22. The van der Waals surface area contributed by atoms with E-state index in [1.165, 1.54) is 10.9 Å². The molecule has 0 saturated carbocycles. The quantitative estimate of drug-likeness (QED) is 0.657. The smallest absolute Gasteiger partial charge is 0.305 e. The number of hydrogen-bond acceptors (Lipinski definition) is 3. The van der Waals surface area contributed by atoms with E-state index in [9.17, 15) is 4.79 Å². The molecule has 0 aliphatic heterocycles. The van der Waals surface area contributed by atoms with Crippen molar-refractivity contribution in [3.63, 3.8) is 0 Å². The Balaban J connectivity index is 2.40. The number of nitrogens with zero attached hydrogens (tertiary/aromatic N) is 3. The lowest BCUT2D eigenvalue weighted by molar-refractivity contribution is 0.949. The number of benzene rings is 1. The monoisotopic (exact) mass is 212 g/mol. The van der Waals surface area contributed by atoms with Gasteiger partial charge in [-0.2, -0.15) is 0 Å². The highest BCUT2D eigenvalue weighted by Crippen LogP contribution is 2.12. The Hall–Kier alpha value is -2.43. The van der Waals surface area contributed by atoms with Crippen LogP contribution in [0.15, 0.2) is 47.7 Å². The zero-order chi connectivity index (χ0) is 11.0. The molecule has 2 heterocycles. The molecule has 0 bridgehead atoms. The summed E-state index contributed by atoms with van der Waals surface area (Å²) < 4.78 is 1.52. The Labute approximate surface area is 90.4 Å². The maximum atomic E-state index is 11.8. The fourth-order valence-corrected chi connectivity index (χ4v) is 1.70. The van der Waals surface area contributed by atoms with Crippen molar-refractivity contribution in [3.8, 4) is 5.82 Å². The van der Waals surface area contributed by atoms with Crippen LogP contribution in [0, 0.1) is 0 Å². The van der Waals surface area contributed by atoms with Gasteiger partial charge in [-0.1, -0.05) is 12.1 Å². The molecule has 5 heteroatoms. The summed E-state index contributed by atoms with van der Waals surface area (Å²) in [6.45, 7) is 0. The second-order valence-corrected chi connectivity index (χ2v) is 3.35. The SMILES string of the molecule is O=c1[nH]c2ccccc2n1-c1ccncn1. The van der Waals surface area contributed by atoms with Gasteiger partial charge in [-0.3, -0.25) is 0 Å². The van der Waals surface area contributed by atoms with Crippen LogP contribution in [0.25, 0.3) is 16.9 Å². The second kappa shape index (κ2) is 3.30. The number of aromatic nitrogens is 4. The summed E-state index contributed by atoms with van der Waals surface area (Å²) in [6, 6.07) is 9.18. The summed E-state index contributed by atoms with van der Waals surface area (Å²) in [5.41, 5.74) is 1.41. The van der Waals surface area contributed by atoms with Crippen LogP contribution in [0.2, 0.25) is 0 Å². The van der Waals surface area contributed by atoms with Gasteiger partial charge in [0.25, 0.3) is 0 Å². The molecule has 16 heavy (non-hydrogen) atoms. The second-order valence-electron chi connectivity index (χ2n) is 3.35. The van der Waals surface area contributed by atoms with Crippen LogP contribution in [-0.2, 0) is 0 Å². The van der Waals surface area contributed by atoms with E-state index in [1.54, 1.807) is 12.3 Å². The minimum Gasteiger partial charge on any atom is -0.305 e. The number of rotatable bonds is 1. The summed E-state index contributed by atoms with van der Waals surface area (Å²) in [6.07, 6.45) is 3.03. The van der Waals surface area contributed by atoms with Gasteiger partial charge in [-0.05, 0) is 18.2 Å². The van der Waals surface area contributed by atoms with Crippen molar-refractivity contribution in [2.75, 3.05) is 0 Å². The van der Waals surface area contributed by atoms with Crippen molar-refractivity contribution in [3.05, 3.63) is 53.3 Å². The normalized spacial score (nSPS) is 10.8. The van der Waals surface area contributed by atoms with E-state index in [0.29, 0.717) is 5.82 Å². The van der Waals surface area contributed by atoms with Gasteiger partial charge >= 0.3 is 5.69 Å². The Morgan fingerprint density at radius 2 is 2.06 bits per heavy atom. The summed E-state index contributed by atoms with van der Waals surface area (Å²) in [7, 11) is 0. The van der Waals surface area contributed by atoms with Gasteiger partial charge in [0.15, 0.2) is 0 Å². The minimum absolute atomic E-state index is 0.195. The van der Waals surface area contributed by atoms with Crippen LogP contribution in [0.1, 0.15) is 0 Å². The van der Waals surface area contributed by atoms with Gasteiger partial charge in [0.05, 0.1) is 11.0 Å². The molecule has 3 aromatic rings. The van der Waals surface area contributed by atoms with E-state index >= 15 is 0 Å². The van der Waals surface area contributed by atoms with Crippen molar-refractivity contribution in [2.24, 2.45) is 0 Å². The van der Waals surface area contributed by atoms with Gasteiger partial charge in [-0.25, -0.2) is 19.3 Å². The Kier molecular flexibility index (Phi) is 1.83. The van der Waals surface area contributed by atoms with Crippen molar-refractivity contribution in [1.29, 1.82) is 0 Å². The molecule has 0 amide bonds. The maximum absolute atomic E-state index is 11.8. The molecular weight excluding hydrogens is 204 g/mol. The van der Waals surface area contributed by atoms with Crippen LogP contribution in [-0.4, -0.2) is 19.5 Å². The van der Waals surface area contributed by atoms with Crippen LogP contribution in [0.5, 0.6) is 0 Å². The molecule has 5 nitrogen and oxygen atoms in total. The Bertz CT molecular complexity index is 684. The predicted octanol–water partition coefficient (Wildman–Crippen LogP) is 1.11. The first-order chi connectivity index (χ1) is 7.86. The lowest BCUT2D eigenvalue weighted by Gasteiger charge is -1.99. The zero-order valence-corrected chi connectivity index (χ0v) is 8.29. The molecule has 2 aromatic heterocycles. The van der Waals surface area contributed by atoms with Gasteiger partial charge in [0, 0.05) is 6.20 Å². The maximum Gasteiger partial charge on any atom is 0.332 e. The van der Waals surface area contributed by atoms with Crippen LogP contribution in [0.3, 0.4) is 0 Å². The minimum atomic E-state index is -0.195. The number of fused-ring (bicyclic) bond motifs is 1. The van der Waals surface area contributed by atoms with Gasteiger partial charge in [0.1, 0.15) is 12.1 Å². The molecule has 1 N–H and O–H groups in total. The lowest BCUT2D eigenvalue weighted by atomic mass is 10.3. The van der Waals surface area contributed by atoms with Crippen molar-refractivity contribution in [1.82, 2.24) is 19.5 Å². The molecule has 0 radical (unpaired) electrons. The van der Waals surface area contributed by atoms with E-state index in [1.807, 2.05) is 24.3 Å². The van der Waals surface area contributed by atoms with E-state index in [2.05, 4.69) is 15.0 Å². The summed E-state index contributed by atoms with van der Waals surface area (Å²) >= 11 is 0. The molecule has 0 unspecified atom stereocenters. The van der Waals surface area contributed by atoms with Crippen LogP contribution in [0.4, 0.5) is 0 Å². The third-order valence-electron chi connectivity index (χ3n) is 2.39.